The third-order valence-electron chi connectivity index (χ3n) is 4.03. The Morgan fingerprint density at radius 1 is 1.19 bits per heavy atom. The maximum absolute atomic E-state index is 12.1. The molecule has 0 aliphatic heterocycles. The van der Waals surface area contributed by atoms with Crippen LogP contribution in [-0.4, -0.2) is 17.4 Å². The number of halogens is 1. The van der Waals surface area contributed by atoms with Crippen LogP contribution in [0.25, 0.3) is 10.9 Å². The van der Waals surface area contributed by atoms with Gasteiger partial charge in [-0.25, -0.2) is 0 Å². The van der Waals surface area contributed by atoms with Crippen LogP contribution in [0, 0.1) is 0 Å². The van der Waals surface area contributed by atoms with Gasteiger partial charge in [0.1, 0.15) is 12.4 Å². The zero-order chi connectivity index (χ0) is 18.4. The monoisotopic (exact) mass is 368 g/mol. The highest BCUT2D eigenvalue weighted by Crippen LogP contribution is 2.21. The Labute approximate surface area is 158 Å². The predicted molar refractivity (Wildman–Crippen MR) is 105 cm³/mol. The van der Waals surface area contributed by atoms with Gasteiger partial charge in [-0.3, -0.25) is 9.78 Å². The Morgan fingerprint density at radius 3 is 2.88 bits per heavy atom. The van der Waals surface area contributed by atoms with Gasteiger partial charge in [-0.2, -0.15) is 0 Å². The summed E-state index contributed by atoms with van der Waals surface area (Å²) in [5, 5.41) is 4.50. The van der Waals surface area contributed by atoms with Crippen molar-refractivity contribution in [2.75, 3.05) is 6.54 Å². The molecule has 0 aliphatic carbocycles. The standard InChI is InChI=1S/C21H21ClN2O2/c1-2-3-9-23-21(25)17-11-16-7-8-19(12-20(16)24-13-17)26-14-15-5-4-6-18(22)10-15/h4-8,10-13H,2-3,9,14H2,1H3,(H,23,25). The zero-order valence-electron chi connectivity index (χ0n) is 14.7. The molecule has 0 saturated carbocycles. The van der Waals surface area contributed by atoms with Crippen LogP contribution in [0.3, 0.4) is 0 Å². The molecule has 2 aromatic carbocycles. The number of unbranched alkanes of at least 4 members (excludes halogenated alkanes) is 1. The first kappa shape index (κ1) is 18.2. The number of rotatable bonds is 7. The molecule has 0 bridgehead atoms. The van der Waals surface area contributed by atoms with E-state index in [0.29, 0.717) is 23.7 Å². The summed E-state index contributed by atoms with van der Waals surface area (Å²) in [5.74, 6) is 0.638. The number of hydrogen-bond acceptors (Lipinski definition) is 3. The lowest BCUT2D eigenvalue weighted by Gasteiger charge is -2.09. The van der Waals surface area contributed by atoms with Crippen LogP contribution in [0.1, 0.15) is 35.7 Å². The van der Waals surface area contributed by atoms with E-state index in [0.717, 1.165) is 35.1 Å². The van der Waals surface area contributed by atoms with Crippen molar-refractivity contribution >= 4 is 28.4 Å². The highest BCUT2D eigenvalue weighted by atomic mass is 35.5. The normalized spacial score (nSPS) is 10.7. The molecular formula is C21H21ClN2O2. The van der Waals surface area contributed by atoms with Gasteiger partial charge in [0.15, 0.2) is 0 Å². The molecular weight excluding hydrogens is 348 g/mol. The van der Waals surface area contributed by atoms with Gasteiger partial charge in [0.2, 0.25) is 0 Å². The number of nitrogens with one attached hydrogen (secondary N) is 1. The molecule has 0 radical (unpaired) electrons. The molecule has 1 amide bonds. The van der Waals surface area contributed by atoms with Crippen LogP contribution in [0.5, 0.6) is 5.75 Å². The highest BCUT2D eigenvalue weighted by Gasteiger charge is 2.07. The SMILES string of the molecule is CCCCNC(=O)c1cnc2cc(OCc3cccc(Cl)c3)ccc2c1. The predicted octanol–water partition coefficient (Wildman–Crippen LogP) is 5.00. The number of ether oxygens (including phenoxy) is 1. The van der Waals surface area contributed by atoms with Crippen molar-refractivity contribution in [2.24, 2.45) is 0 Å². The molecule has 1 aromatic heterocycles. The Kier molecular flexibility index (Phi) is 6.08. The van der Waals surface area contributed by atoms with E-state index >= 15 is 0 Å². The van der Waals surface area contributed by atoms with Gasteiger partial charge < -0.3 is 10.1 Å². The fraction of sp³-hybridized carbons (Fsp3) is 0.238. The lowest BCUT2D eigenvalue weighted by molar-refractivity contribution is 0.0953. The van der Waals surface area contributed by atoms with Gasteiger partial charge in [0.25, 0.3) is 5.91 Å². The van der Waals surface area contributed by atoms with E-state index in [1.54, 1.807) is 6.20 Å². The summed E-state index contributed by atoms with van der Waals surface area (Å²) < 4.78 is 5.82. The molecule has 0 spiro atoms. The largest absolute Gasteiger partial charge is 0.489 e. The van der Waals surface area contributed by atoms with Crippen molar-refractivity contribution < 1.29 is 9.53 Å². The number of carbonyl (C=O) groups excluding carboxylic acids is 1. The summed E-state index contributed by atoms with van der Waals surface area (Å²) in [5.41, 5.74) is 2.37. The first-order valence-electron chi connectivity index (χ1n) is 8.71. The summed E-state index contributed by atoms with van der Waals surface area (Å²) in [6, 6.07) is 15.1. The summed E-state index contributed by atoms with van der Waals surface area (Å²) in [6.07, 6.45) is 3.62. The molecule has 26 heavy (non-hydrogen) atoms. The molecule has 5 heteroatoms. The fourth-order valence-corrected chi connectivity index (χ4v) is 2.80. The fourth-order valence-electron chi connectivity index (χ4n) is 2.59. The molecule has 0 aliphatic rings. The minimum Gasteiger partial charge on any atom is -0.489 e. The van der Waals surface area contributed by atoms with Crippen molar-refractivity contribution in [1.29, 1.82) is 0 Å². The van der Waals surface area contributed by atoms with Gasteiger partial charge in [0.05, 0.1) is 11.1 Å². The smallest absolute Gasteiger partial charge is 0.252 e. The molecule has 1 N–H and O–H groups in total. The number of pyridine rings is 1. The second kappa shape index (κ2) is 8.68. The summed E-state index contributed by atoms with van der Waals surface area (Å²) in [4.78, 5) is 16.5. The summed E-state index contributed by atoms with van der Waals surface area (Å²) in [7, 11) is 0. The Balaban J connectivity index is 1.69. The zero-order valence-corrected chi connectivity index (χ0v) is 15.4. The van der Waals surface area contributed by atoms with Gasteiger partial charge in [0, 0.05) is 29.2 Å². The lowest BCUT2D eigenvalue weighted by atomic mass is 10.1. The van der Waals surface area contributed by atoms with Crippen LogP contribution in [0.15, 0.2) is 54.7 Å². The average Bonchev–Trinajstić information content (AvgIpc) is 2.66. The minimum absolute atomic E-state index is 0.0888. The number of fused-ring (bicyclic) bond motifs is 1. The third kappa shape index (κ3) is 4.73. The average molecular weight is 369 g/mol. The molecule has 0 unspecified atom stereocenters. The molecule has 0 fully saturated rings. The first-order chi connectivity index (χ1) is 12.7. The van der Waals surface area contributed by atoms with Crippen molar-refractivity contribution in [3.05, 3.63) is 70.9 Å². The van der Waals surface area contributed by atoms with Crippen LogP contribution in [-0.2, 0) is 6.61 Å². The molecule has 3 aromatic rings. The molecule has 134 valence electrons. The number of aromatic nitrogens is 1. The number of nitrogens with zero attached hydrogens (tertiary/aromatic N) is 1. The maximum atomic E-state index is 12.1. The van der Waals surface area contributed by atoms with Crippen molar-refractivity contribution in [2.45, 2.75) is 26.4 Å². The van der Waals surface area contributed by atoms with Crippen molar-refractivity contribution in [1.82, 2.24) is 10.3 Å². The Hall–Kier alpha value is -2.59. The topological polar surface area (TPSA) is 51.2 Å². The Bertz CT molecular complexity index is 911. The third-order valence-corrected chi connectivity index (χ3v) is 4.26. The van der Waals surface area contributed by atoms with E-state index < -0.39 is 0 Å². The summed E-state index contributed by atoms with van der Waals surface area (Å²) >= 11 is 5.99. The first-order valence-corrected chi connectivity index (χ1v) is 9.09. The molecule has 4 nitrogen and oxygen atoms in total. The second-order valence-corrected chi connectivity index (χ2v) is 6.54. The molecule has 3 rings (SSSR count). The van der Waals surface area contributed by atoms with Crippen molar-refractivity contribution in [3.63, 3.8) is 0 Å². The van der Waals surface area contributed by atoms with E-state index in [1.165, 1.54) is 0 Å². The van der Waals surface area contributed by atoms with Crippen LogP contribution in [0.2, 0.25) is 5.02 Å². The van der Waals surface area contributed by atoms with Gasteiger partial charge in [-0.05, 0) is 42.3 Å². The maximum Gasteiger partial charge on any atom is 0.252 e. The van der Waals surface area contributed by atoms with E-state index in [9.17, 15) is 4.79 Å². The van der Waals surface area contributed by atoms with E-state index in [1.807, 2.05) is 48.5 Å². The van der Waals surface area contributed by atoms with Crippen LogP contribution in [0.4, 0.5) is 0 Å². The lowest BCUT2D eigenvalue weighted by Crippen LogP contribution is -2.24. The van der Waals surface area contributed by atoms with Crippen LogP contribution < -0.4 is 10.1 Å². The molecule has 1 heterocycles. The minimum atomic E-state index is -0.0888. The van der Waals surface area contributed by atoms with Gasteiger partial charge in [-0.15, -0.1) is 0 Å². The number of benzene rings is 2. The van der Waals surface area contributed by atoms with E-state index in [-0.39, 0.29) is 5.91 Å². The number of hydrogen-bond donors (Lipinski definition) is 1. The number of amides is 1. The quantitative estimate of drug-likeness (QED) is 0.597. The van der Waals surface area contributed by atoms with Crippen LogP contribution >= 0.6 is 11.6 Å². The molecule has 0 saturated heterocycles. The second-order valence-electron chi connectivity index (χ2n) is 6.11. The van der Waals surface area contributed by atoms with E-state index in [2.05, 4.69) is 17.2 Å². The molecule has 0 atom stereocenters. The van der Waals surface area contributed by atoms with Crippen molar-refractivity contribution in [3.8, 4) is 5.75 Å². The highest BCUT2D eigenvalue weighted by molar-refractivity contribution is 6.30. The van der Waals surface area contributed by atoms with E-state index in [4.69, 9.17) is 16.3 Å². The van der Waals surface area contributed by atoms with Gasteiger partial charge in [-0.1, -0.05) is 37.1 Å². The van der Waals surface area contributed by atoms with Gasteiger partial charge >= 0.3 is 0 Å². The Morgan fingerprint density at radius 2 is 2.08 bits per heavy atom. The number of carbonyl (C=O) groups is 1. The summed E-state index contributed by atoms with van der Waals surface area (Å²) in [6.45, 7) is 3.21.